The predicted molar refractivity (Wildman–Crippen MR) is 123 cm³/mol. The minimum absolute atomic E-state index is 0.705. The van der Waals surface area contributed by atoms with Gasteiger partial charge < -0.3 is 48.7 Å². The fraction of sp³-hybridized carbons (Fsp3) is 0.556. The smallest absolute Gasteiger partial charge is 0.330 e. The van der Waals surface area contributed by atoms with E-state index in [0.717, 1.165) is 24.5 Å². The number of phosphoric ester groups is 2. The molecule has 2 aromatic heterocycles. The van der Waals surface area contributed by atoms with Gasteiger partial charge in [-0.1, -0.05) is 0 Å². The molecule has 6 N–H and O–H groups in total. The molecule has 228 valence electrons. The molecule has 2 aromatic rings. The zero-order valence-corrected chi connectivity index (χ0v) is 22.0. The third-order valence-electron chi connectivity index (χ3n) is 5.92. The quantitative estimate of drug-likeness (QED) is 0.134. The van der Waals surface area contributed by atoms with Crippen LogP contribution in [0.2, 0.25) is 0 Å². The van der Waals surface area contributed by atoms with Crippen molar-refractivity contribution in [3.63, 3.8) is 0 Å². The van der Waals surface area contributed by atoms with Crippen LogP contribution >= 0.6 is 15.6 Å². The highest BCUT2D eigenvalue weighted by Crippen LogP contribution is 2.56. The van der Waals surface area contributed by atoms with E-state index < -0.39 is 100 Å². The highest BCUT2D eigenvalue weighted by atomic mass is 31.3. The third kappa shape index (κ3) is 7.07. The minimum Gasteiger partial charge on any atom is -0.756 e. The van der Waals surface area contributed by atoms with Crippen molar-refractivity contribution in [2.75, 3.05) is 13.2 Å². The Morgan fingerprint density at radius 3 is 1.44 bits per heavy atom. The number of hydrogen-bond acceptors (Lipinski definition) is 17. The van der Waals surface area contributed by atoms with Gasteiger partial charge in [0.25, 0.3) is 26.8 Å². The average Bonchev–Trinajstić information content (AvgIpc) is 3.31. The highest BCUT2D eigenvalue weighted by molar-refractivity contribution is 7.59. The third-order valence-corrected chi connectivity index (χ3v) is 8.45. The molecule has 2 aliphatic heterocycles. The number of nitrogens with zero attached hydrogens (tertiary/aromatic N) is 2. The van der Waals surface area contributed by atoms with Crippen molar-refractivity contribution < 1.29 is 62.2 Å². The molecule has 10 atom stereocenters. The van der Waals surface area contributed by atoms with Crippen molar-refractivity contribution in [2.24, 2.45) is 0 Å². The second kappa shape index (κ2) is 11.9. The first kappa shape index (κ1) is 31.3. The lowest BCUT2D eigenvalue weighted by atomic mass is 10.1. The van der Waals surface area contributed by atoms with Crippen LogP contribution in [0.3, 0.4) is 0 Å². The monoisotopic (exact) mass is 628 g/mol. The molecule has 4 rings (SSSR count). The second-order valence-electron chi connectivity index (χ2n) is 8.69. The van der Waals surface area contributed by atoms with E-state index in [9.17, 15) is 58.5 Å². The molecule has 0 radical (unpaired) electrons. The topological polar surface area (TPSA) is 317 Å². The van der Waals surface area contributed by atoms with E-state index in [0.29, 0.717) is 9.13 Å². The molecular formula is C18H22N4O17P2-2. The summed E-state index contributed by atoms with van der Waals surface area (Å²) in [5, 5.41) is 40.6. The Hall–Kier alpha value is -2.62. The molecule has 2 aliphatic rings. The zero-order chi connectivity index (χ0) is 30.3. The largest absolute Gasteiger partial charge is 0.756 e. The maximum Gasteiger partial charge on any atom is 0.330 e. The summed E-state index contributed by atoms with van der Waals surface area (Å²) in [5.41, 5.74) is -3.55. The van der Waals surface area contributed by atoms with Gasteiger partial charge in [0, 0.05) is 24.5 Å². The molecule has 21 nitrogen and oxygen atoms in total. The summed E-state index contributed by atoms with van der Waals surface area (Å²) >= 11 is 0. The molecule has 41 heavy (non-hydrogen) atoms. The maximum absolute atomic E-state index is 12.1. The Morgan fingerprint density at radius 1 is 0.732 bits per heavy atom. The van der Waals surface area contributed by atoms with Crippen molar-refractivity contribution in [2.45, 2.75) is 49.1 Å². The fourth-order valence-corrected chi connectivity index (χ4v) is 5.96. The Morgan fingerprint density at radius 2 is 1.10 bits per heavy atom. The van der Waals surface area contributed by atoms with Crippen molar-refractivity contribution in [1.29, 1.82) is 0 Å². The van der Waals surface area contributed by atoms with Gasteiger partial charge in [0.2, 0.25) is 0 Å². The van der Waals surface area contributed by atoms with Gasteiger partial charge in [0.05, 0.1) is 13.2 Å². The van der Waals surface area contributed by atoms with Crippen LogP contribution in [0.4, 0.5) is 0 Å². The van der Waals surface area contributed by atoms with Crippen LogP contribution in [0.15, 0.2) is 43.7 Å². The fourth-order valence-electron chi connectivity index (χ4n) is 3.95. The minimum atomic E-state index is -5.75. The van der Waals surface area contributed by atoms with Crippen LogP contribution in [0.25, 0.3) is 0 Å². The number of aliphatic hydroxyl groups is 4. The molecule has 23 heteroatoms. The summed E-state index contributed by atoms with van der Waals surface area (Å²) in [6, 6.07) is 1.83. The molecule has 2 saturated heterocycles. The summed E-state index contributed by atoms with van der Waals surface area (Å²) in [5.74, 6) is 0. The van der Waals surface area contributed by atoms with Crippen LogP contribution in [-0.4, -0.2) is 89.4 Å². The maximum atomic E-state index is 12.1. The molecule has 0 bridgehead atoms. The van der Waals surface area contributed by atoms with Crippen LogP contribution < -0.4 is 32.3 Å². The summed E-state index contributed by atoms with van der Waals surface area (Å²) < 4.78 is 48.8. The highest BCUT2D eigenvalue weighted by Gasteiger charge is 2.46. The number of aromatic nitrogens is 4. The van der Waals surface area contributed by atoms with Gasteiger partial charge in [-0.2, -0.15) is 0 Å². The molecule has 2 fully saturated rings. The molecule has 0 amide bonds. The second-order valence-corrected chi connectivity index (χ2v) is 11.7. The summed E-state index contributed by atoms with van der Waals surface area (Å²) in [7, 11) is -11.5. The lowest BCUT2D eigenvalue weighted by Gasteiger charge is -2.32. The van der Waals surface area contributed by atoms with E-state index in [4.69, 9.17) is 9.47 Å². The van der Waals surface area contributed by atoms with Crippen LogP contribution in [0.5, 0.6) is 0 Å². The molecule has 4 heterocycles. The molecule has 0 saturated carbocycles. The van der Waals surface area contributed by atoms with E-state index in [1.54, 1.807) is 0 Å². The van der Waals surface area contributed by atoms with Crippen LogP contribution in [0.1, 0.15) is 12.5 Å². The number of rotatable bonds is 10. The van der Waals surface area contributed by atoms with Crippen LogP contribution in [0, 0.1) is 0 Å². The summed E-state index contributed by atoms with van der Waals surface area (Å²) in [4.78, 5) is 74.2. The molecule has 0 spiro atoms. The van der Waals surface area contributed by atoms with E-state index in [1.165, 1.54) is 0 Å². The van der Waals surface area contributed by atoms with Crippen molar-refractivity contribution in [3.8, 4) is 0 Å². The average molecular weight is 628 g/mol. The first-order valence-corrected chi connectivity index (χ1v) is 14.3. The Labute approximate surface area is 226 Å². The van der Waals surface area contributed by atoms with Crippen molar-refractivity contribution in [3.05, 3.63) is 66.2 Å². The summed E-state index contributed by atoms with van der Waals surface area (Å²) in [6.45, 7) is -2.19. The lowest BCUT2D eigenvalue weighted by Crippen LogP contribution is -2.37. The Kier molecular flexibility index (Phi) is 9.12. The molecule has 0 aromatic carbocycles. The van der Waals surface area contributed by atoms with Gasteiger partial charge in [-0.25, -0.2) is 13.9 Å². The number of aliphatic hydroxyl groups excluding tert-OH is 4. The standard InChI is InChI=1S/C18H24N4O17P2/c23-9-1-3-21(17(29)19-9)15-13(27)11(25)7(37-15)5-35-40(31,32)39-41(33,34)36-6-8-12(26)14(28)16(38-8)22-4-2-10(24)20-18(22)30/h1-4,7-8,11-16,25-28H,5-6H2,(H,31,32)(H,33,34)(H,19,23,29)(H,20,24,30)/p-2. The lowest BCUT2D eigenvalue weighted by molar-refractivity contribution is -0.246. The normalized spacial score (nSPS) is 32.9. The Balaban J connectivity index is 1.33. The van der Waals surface area contributed by atoms with Gasteiger partial charge in [0.15, 0.2) is 12.5 Å². The van der Waals surface area contributed by atoms with Gasteiger partial charge in [-0.05, 0) is 0 Å². The first-order chi connectivity index (χ1) is 19.1. The van der Waals surface area contributed by atoms with E-state index >= 15 is 0 Å². The molecule has 0 aliphatic carbocycles. The Bertz CT molecular complexity index is 1470. The van der Waals surface area contributed by atoms with Gasteiger partial charge in [-0.3, -0.25) is 37.8 Å². The number of hydrogen-bond donors (Lipinski definition) is 6. The van der Waals surface area contributed by atoms with Gasteiger partial charge >= 0.3 is 11.4 Å². The van der Waals surface area contributed by atoms with E-state index in [1.807, 2.05) is 9.97 Å². The van der Waals surface area contributed by atoms with Crippen molar-refractivity contribution >= 4 is 15.6 Å². The predicted octanol–water partition coefficient (Wildman–Crippen LogP) is -5.69. The van der Waals surface area contributed by atoms with Gasteiger partial charge in [0.1, 0.15) is 36.6 Å². The number of H-pyrrole nitrogens is 2. The molecule has 10 unspecified atom stereocenters. The SMILES string of the molecule is O=c1ccn(C2OC(COP(=O)([O-])OP(=O)([O-])OCC3OC(n4ccc(=O)[nH]c4=O)C(O)C3O)C(O)C2O)c(=O)[nH]1. The number of ether oxygens (including phenoxy) is 2. The first-order valence-electron chi connectivity index (χ1n) is 11.4. The van der Waals surface area contributed by atoms with E-state index in [2.05, 4.69) is 13.4 Å². The van der Waals surface area contributed by atoms with Crippen LogP contribution in [-0.2, 0) is 32.0 Å². The number of aromatic amines is 2. The van der Waals surface area contributed by atoms with Gasteiger partial charge in [-0.15, -0.1) is 0 Å². The number of phosphoric acid groups is 2. The summed E-state index contributed by atoms with van der Waals surface area (Å²) in [6.07, 6.45) is -11.7. The number of nitrogens with one attached hydrogen (secondary N) is 2. The zero-order valence-electron chi connectivity index (χ0n) is 20.2. The van der Waals surface area contributed by atoms with E-state index in [-0.39, 0.29) is 0 Å². The molecular weight excluding hydrogens is 606 g/mol. The van der Waals surface area contributed by atoms with Crippen molar-refractivity contribution in [1.82, 2.24) is 19.1 Å².